The van der Waals surface area contributed by atoms with Crippen molar-refractivity contribution < 1.29 is 30.1 Å². The van der Waals surface area contributed by atoms with Crippen LogP contribution in [-0.4, -0.2) is 74.9 Å². The Kier molecular flexibility index (Phi) is 6.37. The van der Waals surface area contributed by atoms with Crippen LogP contribution in [0.3, 0.4) is 0 Å². The van der Waals surface area contributed by atoms with Crippen LogP contribution in [0.5, 0.6) is 11.8 Å². The second-order valence-corrected chi connectivity index (χ2v) is 12.8. The molecule has 9 nitrogen and oxygen atoms in total. The number of hydrogen-bond acceptors (Lipinski definition) is 8. The summed E-state index contributed by atoms with van der Waals surface area (Å²) in [5.41, 5.74) is -4.93. The Bertz CT molecular complexity index is 2120. The van der Waals surface area contributed by atoms with E-state index >= 15 is 13.2 Å². The first-order valence-corrected chi connectivity index (χ1v) is 15.7. The number of aromatic nitrogens is 3. The number of fused-ring (bicyclic) bond motifs is 6. The highest BCUT2D eigenvalue weighted by Crippen LogP contribution is 2.41. The molecule has 13 heteroatoms. The quantitative estimate of drug-likeness (QED) is 0.237. The van der Waals surface area contributed by atoms with Crippen molar-refractivity contribution in [3.05, 3.63) is 57.8 Å². The van der Waals surface area contributed by atoms with Crippen molar-refractivity contribution >= 4 is 27.5 Å². The highest BCUT2D eigenvalue weighted by molar-refractivity contribution is 5.97. The fraction of sp³-hybridized carbons (Fsp3) is 0.441. The number of nitrogens with zero attached hydrogens (tertiary/aromatic N) is 5. The van der Waals surface area contributed by atoms with Gasteiger partial charge in [-0.05, 0) is 75.2 Å². The lowest BCUT2D eigenvalue weighted by Gasteiger charge is -2.46. The molecule has 0 radical (unpaired) electrons. The molecule has 7 heterocycles. The number of rotatable bonds is 5. The summed E-state index contributed by atoms with van der Waals surface area (Å²) < 4.78 is 84.6. The van der Waals surface area contributed by atoms with Crippen molar-refractivity contribution in [2.45, 2.75) is 62.3 Å². The molecule has 47 heavy (non-hydrogen) atoms. The number of phenolic OH excluding ortho intramolecular Hbond substituents is 1. The van der Waals surface area contributed by atoms with E-state index in [1.165, 1.54) is 12.1 Å². The number of aromatic hydroxyl groups is 1. The van der Waals surface area contributed by atoms with E-state index in [-0.39, 0.29) is 39.6 Å². The van der Waals surface area contributed by atoms with Gasteiger partial charge in [-0.25, -0.2) is 4.39 Å². The second kappa shape index (κ2) is 10.8. The standard InChI is InChI=1S/C34H32F4N6O3/c1-2-23-25(35)8-5-19-13-22(45)14-26(28(19)23)44-27(34(36,37)38)15-24-29(31(44)46)40-32(47-18-33-9-3-11-42(33)12-4-10-33)41-30(24)43-17-20-6-7-21(43)16-39-20/h1,5,8,13-15,20-21,39,45H,3-4,6-7,9-12,16-18H2/i18D2. The number of halogens is 4. The van der Waals surface area contributed by atoms with Gasteiger partial charge in [0.15, 0.2) is 0 Å². The van der Waals surface area contributed by atoms with E-state index in [0.29, 0.717) is 43.6 Å². The highest BCUT2D eigenvalue weighted by Gasteiger charge is 2.45. The first kappa shape index (κ1) is 27.7. The number of alkyl halides is 3. The van der Waals surface area contributed by atoms with Crippen LogP contribution >= 0.6 is 0 Å². The van der Waals surface area contributed by atoms with Gasteiger partial charge in [0.05, 0.1) is 24.9 Å². The number of piperazine rings is 1. The fourth-order valence-corrected chi connectivity index (χ4v) is 7.96. The number of terminal acetylenes is 1. The van der Waals surface area contributed by atoms with Crippen molar-refractivity contribution in [1.29, 1.82) is 0 Å². The SMILES string of the molecule is [2H]C([2H])(Oc1nc(N2CC3CCC2CN3)c2cc(C(F)(F)F)n(-c3cc(O)cc4ccc(F)c(C#C)c34)c(=O)c2n1)C12CCCN1CCC2. The topological polar surface area (TPSA) is 95.8 Å². The molecule has 4 aromatic rings. The number of nitrogens with one attached hydrogen (secondary N) is 1. The summed E-state index contributed by atoms with van der Waals surface area (Å²) >= 11 is 0. The van der Waals surface area contributed by atoms with Crippen molar-refractivity contribution in [2.75, 3.05) is 37.6 Å². The molecule has 5 saturated heterocycles. The van der Waals surface area contributed by atoms with E-state index < -0.39 is 58.3 Å². The third kappa shape index (κ3) is 4.80. The van der Waals surface area contributed by atoms with Gasteiger partial charge >= 0.3 is 12.2 Å². The van der Waals surface area contributed by atoms with Crippen LogP contribution < -0.4 is 20.5 Å². The highest BCUT2D eigenvalue weighted by atomic mass is 19.4. The second-order valence-electron chi connectivity index (χ2n) is 12.8. The number of phenols is 1. The van der Waals surface area contributed by atoms with Gasteiger partial charge in [-0.3, -0.25) is 14.3 Å². The Hall–Kier alpha value is -4.41. The van der Waals surface area contributed by atoms with Gasteiger partial charge in [0.1, 0.15) is 35.2 Å². The zero-order valence-corrected chi connectivity index (χ0v) is 25.2. The molecule has 0 aliphatic carbocycles. The molecule has 2 aromatic carbocycles. The van der Waals surface area contributed by atoms with Gasteiger partial charge in [0.2, 0.25) is 0 Å². The minimum Gasteiger partial charge on any atom is -0.508 e. The summed E-state index contributed by atoms with van der Waals surface area (Å²) in [5, 5.41) is 13.7. The maximum atomic E-state index is 15.0. The molecular weight excluding hydrogens is 616 g/mol. The number of hydrogen-bond donors (Lipinski definition) is 2. The van der Waals surface area contributed by atoms with Gasteiger partial charge in [-0.2, -0.15) is 23.1 Å². The summed E-state index contributed by atoms with van der Waals surface area (Å²) in [6.45, 7) is 0.0651. The van der Waals surface area contributed by atoms with Crippen LogP contribution in [0.2, 0.25) is 0 Å². The summed E-state index contributed by atoms with van der Waals surface area (Å²) in [7, 11) is 0. The van der Waals surface area contributed by atoms with Crippen molar-refractivity contribution in [3.8, 4) is 29.8 Å². The van der Waals surface area contributed by atoms with Crippen LogP contribution in [0.15, 0.2) is 35.1 Å². The normalized spacial score (nSPS) is 23.2. The van der Waals surface area contributed by atoms with E-state index in [4.69, 9.17) is 13.9 Å². The Morgan fingerprint density at radius 1 is 1.17 bits per heavy atom. The smallest absolute Gasteiger partial charge is 0.431 e. The Morgan fingerprint density at radius 2 is 1.96 bits per heavy atom. The Labute approximate surface area is 270 Å². The van der Waals surface area contributed by atoms with Crippen LogP contribution in [-0.2, 0) is 6.18 Å². The molecule has 2 bridgehead atoms. The minimum absolute atomic E-state index is 0.0325. The summed E-state index contributed by atoms with van der Waals surface area (Å²) in [6, 6.07) is 4.59. The average Bonchev–Trinajstić information content (AvgIpc) is 3.68. The number of anilines is 1. The lowest BCUT2D eigenvalue weighted by molar-refractivity contribution is -0.142. The van der Waals surface area contributed by atoms with E-state index in [2.05, 4.69) is 26.1 Å². The molecule has 0 spiro atoms. The third-order valence-electron chi connectivity index (χ3n) is 10.1. The molecule has 5 fully saturated rings. The van der Waals surface area contributed by atoms with E-state index in [9.17, 15) is 14.3 Å². The summed E-state index contributed by atoms with van der Waals surface area (Å²) in [5.74, 6) is 0.829. The fourth-order valence-electron chi connectivity index (χ4n) is 7.96. The number of benzene rings is 2. The van der Waals surface area contributed by atoms with Crippen LogP contribution in [0, 0.1) is 18.2 Å². The summed E-state index contributed by atoms with van der Waals surface area (Å²) in [6.07, 6.45) is 4.72. The molecule has 0 saturated carbocycles. The molecule has 9 rings (SSSR count). The zero-order chi connectivity index (χ0) is 34.5. The molecule has 5 aliphatic heterocycles. The largest absolute Gasteiger partial charge is 0.508 e. The maximum absolute atomic E-state index is 15.0. The molecule has 2 N–H and O–H groups in total. The Balaban J connectivity index is 1.41. The Morgan fingerprint density at radius 3 is 2.62 bits per heavy atom. The first-order chi connectivity index (χ1) is 23.3. The molecular formula is C34H32F4N6O3. The number of piperidine rings is 2. The number of ether oxygens (including phenoxy) is 1. The average molecular weight is 651 g/mol. The molecule has 2 aromatic heterocycles. The van der Waals surface area contributed by atoms with Crippen LogP contribution in [0.4, 0.5) is 23.4 Å². The lowest BCUT2D eigenvalue weighted by Crippen LogP contribution is -2.61. The van der Waals surface area contributed by atoms with Crippen molar-refractivity contribution in [3.63, 3.8) is 0 Å². The molecule has 244 valence electrons. The molecule has 5 aliphatic rings. The minimum atomic E-state index is -5.12. The van der Waals surface area contributed by atoms with Gasteiger partial charge in [-0.1, -0.05) is 12.0 Å². The van der Waals surface area contributed by atoms with Crippen molar-refractivity contribution in [2.24, 2.45) is 0 Å². The molecule has 2 atom stereocenters. The number of pyridine rings is 1. The van der Waals surface area contributed by atoms with Gasteiger partial charge in [0.25, 0.3) is 5.56 Å². The van der Waals surface area contributed by atoms with E-state index in [0.717, 1.165) is 43.9 Å². The monoisotopic (exact) mass is 650 g/mol. The lowest BCUT2D eigenvalue weighted by atomic mass is 9.93. The van der Waals surface area contributed by atoms with E-state index in [1.807, 2.05) is 4.90 Å². The van der Waals surface area contributed by atoms with Gasteiger partial charge < -0.3 is 20.1 Å². The zero-order valence-electron chi connectivity index (χ0n) is 27.2. The van der Waals surface area contributed by atoms with Gasteiger partial charge in [-0.15, -0.1) is 6.42 Å². The van der Waals surface area contributed by atoms with Crippen LogP contribution in [0.1, 0.15) is 52.5 Å². The molecule has 2 unspecified atom stereocenters. The molecule has 0 amide bonds. The predicted molar refractivity (Wildman–Crippen MR) is 168 cm³/mol. The van der Waals surface area contributed by atoms with Gasteiger partial charge in [0, 0.05) is 36.6 Å². The van der Waals surface area contributed by atoms with E-state index in [1.54, 1.807) is 0 Å². The third-order valence-corrected chi connectivity index (χ3v) is 10.1. The maximum Gasteiger partial charge on any atom is 0.431 e. The summed E-state index contributed by atoms with van der Waals surface area (Å²) in [4.78, 5) is 27.3. The first-order valence-electron chi connectivity index (χ1n) is 16.7. The van der Waals surface area contributed by atoms with Crippen LogP contribution in [0.25, 0.3) is 27.4 Å². The van der Waals surface area contributed by atoms with Crippen molar-refractivity contribution in [1.82, 2.24) is 24.8 Å². The predicted octanol–water partition coefficient (Wildman–Crippen LogP) is 4.73.